The zero-order valence-corrected chi connectivity index (χ0v) is 7.76. The maximum Gasteiger partial charge on any atom is 0.264 e. The lowest BCUT2D eigenvalue weighted by Crippen LogP contribution is -1.90. The highest BCUT2D eigenvalue weighted by Gasteiger charge is 2.13. The first-order valence-electron chi connectivity index (χ1n) is 3.26. The predicted molar refractivity (Wildman–Crippen MR) is 46.2 cm³/mol. The van der Waals surface area contributed by atoms with Gasteiger partial charge >= 0.3 is 0 Å². The second kappa shape index (κ2) is 3.58. The summed E-state index contributed by atoms with van der Waals surface area (Å²) in [7, 11) is 0. The molecule has 0 unspecified atom stereocenters. The molecule has 0 saturated carbocycles. The van der Waals surface area contributed by atoms with Crippen LogP contribution in [0.4, 0.5) is 8.78 Å². The van der Waals surface area contributed by atoms with E-state index in [4.69, 9.17) is 23.2 Å². The summed E-state index contributed by atoms with van der Waals surface area (Å²) < 4.78 is 24.5. The lowest BCUT2D eigenvalue weighted by molar-refractivity contribution is 0.150. The van der Waals surface area contributed by atoms with Crippen molar-refractivity contribution >= 4 is 23.2 Å². The third-order valence-corrected chi connectivity index (χ3v) is 2.20. The van der Waals surface area contributed by atoms with Crippen molar-refractivity contribution in [3.8, 4) is 0 Å². The van der Waals surface area contributed by atoms with Crippen molar-refractivity contribution in [3.63, 3.8) is 0 Å². The summed E-state index contributed by atoms with van der Waals surface area (Å²) >= 11 is 11.2. The molecule has 0 aliphatic heterocycles. The molecular formula is C8H6Cl2F2. The number of halogens is 4. The third-order valence-electron chi connectivity index (χ3n) is 1.58. The Bertz CT molecular complexity index is 297. The van der Waals surface area contributed by atoms with Crippen LogP contribution in [0.5, 0.6) is 0 Å². The highest BCUT2D eigenvalue weighted by Crippen LogP contribution is 2.30. The fraction of sp³-hybridized carbons (Fsp3) is 0.250. The van der Waals surface area contributed by atoms with Crippen LogP contribution in [0.3, 0.4) is 0 Å². The molecule has 1 aromatic rings. The number of hydrogen-bond acceptors (Lipinski definition) is 0. The van der Waals surface area contributed by atoms with Crippen molar-refractivity contribution in [3.05, 3.63) is 33.3 Å². The summed E-state index contributed by atoms with van der Waals surface area (Å²) in [6.07, 6.45) is -2.53. The van der Waals surface area contributed by atoms with Gasteiger partial charge in [-0.15, -0.1) is 0 Å². The minimum atomic E-state index is -2.53. The second-order valence-electron chi connectivity index (χ2n) is 2.40. The van der Waals surface area contributed by atoms with Crippen LogP contribution < -0.4 is 0 Å². The van der Waals surface area contributed by atoms with Crippen LogP contribution >= 0.6 is 23.2 Å². The molecule has 0 amide bonds. The topological polar surface area (TPSA) is 0 Å². The van der Waals surface area contributed by atoms with Crippen molar-refractivity contribution in [2.24, 2.45) is 0 Å². The van der Waals surface area contributed by atoms with Gasteiger partial charge < -0.3 is 0 Å². The fourth-order valence-electron chi connectivity index (χ4n) is 0.892. The molecule has 1 aromatic carbocycles. The lowest BCUT2D eigenvalue weighted by Gasteiger charge is -2.06. The van der Waals surface area contributed by atoms with Gasteiger partial charge in [0.25, 0.3) is 6.43 Å². The van der Waals surface area contributed by atoms with Crippen LogP contribution in [-0.2, 0) is 0 Å². The zero-order valence-electron chi connectivity index (χ0n) is 6.24. The SMILES string of the molecule is Cc1c(Cl)cc(Cl)cc1C(F)F. The molecule has 0 N–H and O–H groups in total. The first-order chi connectivity index (χ1) is 5.52. The van der Waals surface area contributed by atoms with Crippen LogP contribution in [0.1, 0.15) is 17.6 Å². The molecule has 0 aliphatic rings. The first kappa shape index (κ1) is 9.75. The molecule has 66 valence electrons. The van der Waals surface area contributed by atoms with Gasteiger partial charge in [0.2, 0.25) is 0 Å². The van der Waals surface area contributed by atoms with Crippen LogP contribution in [0, 0.1) is 6.92 Å². The van der Waals surface area contributed by atoms with Crippen molar-refractivity contribution in [2.75, 3.05) is 0 Å². The summed E-state index contributed by atoms with van der Waals surface area (Å²) in [5.74, 6) is 0. The monoisotopic (exact) mass is 210 g/mol. The van der Waals surface area contributed by atoms with Gasteiger partial charge in [-0.2, -0.15) is 0 Å². The van der Waals surface area contributed by atoms with E-state index >= 15 is 0 Å². The van der Waals surface area contributed by atoms with Crippen LogP contribution in [0.2, 0.25) is 10.0 Å². The van der Waals surface area contributed by atoms with E-state index in [1.807, 2.05) is 0 Å². The molecule has 0 radical (unpaired) electrons. The van der Waals surface area contributed by atoms with E-state index in [1.54, 1.807) is 6.92 Å². The fourth-order valence-corrected chi connectivity index (χ4v) is 1.40. The number of hydrogen-bond donors (Lipinski definition) is 0. The van der Waals surface area contributed by atoms with Crippen LogP contribution in [0.25, 0.3) is 0 Å². The number of alkyl halides is 2. The summed E-state index contributed by atoms with van der Waals surface area (Å²) in [4.78, 5) is 0. The van der Waals surface area contributed by atoms with E-state index in [0.29, 0.717) is 5.56 Å². The normalized spacial score (nSPS) is 10.8. The summed E-state index contributed by atoms with van der Waals surface area (Å²) in [6, 6.07) is 2.68. The average molecular weight is 211 g/mol. The van der Waals surface area contributed by atoms with Crippen molar-refractivity contribution < 1.29 is 8.78 Å². The third kappa shape index (κ3) is 1.87. The van der Waals surface area contributed by atoms with E-state index in [2.05, 4.69) is 0 Å². The molecule has 0 spiro atoms. The summed E-state index contributed by atoms with van der Waals surface area (Å²) in [5.41, 5.74) is 0.281. The Hall–Kier alpha value is -0.340. The Balaban J connectivity index is 3.28. The Kier molecular flexibility index (Phi) is 2.91. The molecule has 0 fully saturated rings. The Morgan fingerprint density at radius 3 is 2.33 bits per heavy atom. The van der Waals surface area contributed by atoms with E-state index in [1.165, 1.54) is 12.1 Å². The Morgan fingerprint density at radius 1 is 1.25 bits per heavy atom. The predicted octanol–water partition coefficient (Wildman–Crippen LogP) is 4.24. The Morgan fingerprint density at radius 2 is 1.83 bits per heavy atom. The maximum atomic E-state index is 12.3. The quantitative estimate of drug-likeness (QED) is 0.651. The van der Waals surface area contributed by atoms with Crippen LogP contribution in [0.15, 0.2) is 12.1 Å². The van der Waals surface area contributed by atoms with Crippen molar-refractivity contribution in [1.82, 2.24) is 0 Å². The molecule has 1 rings (SSSR count). The van der Waals surface area contributed by atoms with E-state index < -0.39 is 6.43 Å². The van der Waals surface area contributed by atoms with Crippen molar-refractivity contribution in [1.29, 1.82) is 0 Å². The molecular weight excluding hydrogens is 205 g/mol. The van der Waals surface area contributed by atoms with Crippen LogP contribution in [-0.4, -0.2) is 0 Å². The first-order valence-corrected chi connectivity index (χ1v) is 4.01. The minimum absolute atomic E-state index is 0.104. The standard InChI is InChI=1S/C8H6Cl2F2/c1-4-6(8(11)12)2-5(9)3-7(4)10/h2-3,8H,1H3. The molecule has 0 aromatic heterocycles. The largest absolute Gasteiger partial charge is 0.264 e. The lowest BCUT2D eigenvalue weighted by atomic mass is 10.1. The highest BCUT2D eigenvalue weighted by atomic mass is 35.5. The maximum absolute atomic E-state index is 12.3. The summed E-state index contributed by atoms with van der Waals surface area (Å²) in [6.45, 7) is 1.54. The molecule has 0 nitrogen and oxygen atoms in total. The van der Waals surface area contributed by atoms with Gasteiger partial charge in [0.15, 0.2) is 0 Å². The van der Waals surface area contributed by atoms with Gasteiger partial charge in [0, 0.05) is 15.6 Å². The molecule has 0 heterocycles. The average Bonchev–Trinajstić information content (AvgIpc) is 1.96. The van der Waals surface area contributed by atoms with E-state index in [-0.39, 0.29) is 15.6 Å². The molecule has 4 heteroatoms. The van der Waals surface area contributed by atoms with Gasteiger partial charge in [-0.1, -0.05) is 23.2 Å². The van der Waals surface area contributed by atoms with Gasteiger partial charge in [-0.05, 0) is 24.6 Å². The second-order valence-corrected chi connectivity index (χ2v) is 3.25. The van der Waals surface area contributed by atoms with Crippen molar-refractivity contribution in [2.45, 2.75) is 13.3 Å². The van der Waals surface area contributed by atoms with Gasteiger partial charge in [-0.25, -0.2) is 8.78 Å². The van der Waals surface area contributed by atoms with Gasteiger partial charge in [0.1, 0.15) is 0 Å². The van der Waals surface area contributed by atoms with E-state index in [0.717, 1.165) is 0 Å². The smallest absolute Gasteiger partial charge is 0.205 e. The molecule has 0 saturated heterocycles. The molecule has 0 aliphatic carbocycles. The molecule has 0 atom stereocenters. The molecule has 12 heavy (non-hydrogen) atoms. The zero-order chi connectivity index (χ0) is 9.30. The summed E-state index contributed by atoms with van der Waals surface area (Å²) in [5, 5.41) is 0.513. The Labute approximate surface area is 79.1 Å². The molecule has 0 bridgehead atoms. The minimum Gasteiger partial charge on any atom is -0.205 e. The van der Waals surface area contributed by atoms with E-state index in [9.17, 15) is 8.78 Å². The number of rotatable bonds is 1. The van der Waals surface area contributed by atoms with Gasteiger partial charge in [-0.3, -0.25) is 0 Å². The number of benzene rings is 1. The van der Waals surface area contributed by atoms with Gasteiger partial charge in [0.05, 0.1) is 0 Å². The highest BCUT2D eigenvalue weighted by molar-refractivity contribution is 6.35.